The molecule has 0 saturated carbocycles. The van der Waals surface area contributed by atoms with Crippen molar-refractivity contribution < 1.29 is 19.8 Å². The number of hydrogen-bond donors (Lipinski definition) is 4. The van der Waals surface area contributed by atoms with E-state index in [1.165, 1.54) is 5.48 Å². The topological polar surface area (TPSA) is 143 Å². The van der Waals surface area contributed by atoms with Crippen molar-refractivity contribution in [2.45, 2.75) is 18.7 Å². The number of aliphatic hydroxyl groups is 1. The van der Waals surface area contributed by atoms with Gasteiger partial charge in [0.25, 0.3) is 5.91 Å². The predicted octanol–water partition coefficient (Wildman–Crippen LogP) is 0.336. The van der Waals surface area contributed by atoms with Gasteiger partial charge in [0.1, 0.15) is 12.1 Å². The molecular formula is C16H20N6O4. The lowest BCUT2D eigenvalue weighted by atomic mass is 10.1. The fourth-order valence-electron chi connectivity index (χ4n) is 3.08. The van der Waals surface area contributed by atoms with Crippen LogP contribution >= 0.6 is 0 Å². The minimum absolute atomic E-state index is 0.0158. The van der Waals surface area contributed by atoms with Crippen molar-refractivity contribution in [3.8, 4) is 0 Å². The van der Waals surface area contributed by atoms with Gasteiger partial charge in [-0.05, 0) is 16.7 Å². The van der Waals surface area contributed by atoms with Gasteiger partial charge in [-0.1, -0.05) is 29.4 Å². The number of nitrogens with zero attached hydrogens (tertiary/aromatic N) is 4. The summed E-state index contributed by atoms with van der Waals surface area (Å²) < 4.78 is 5.34. The third-order valence-electron chi connectivity index (χ3n) is 4.45. The summed E-state index contributed by atoms with van der Waals surface area (Å²) in [6.07, 6.45) is -1.36. The molecule has 0 spiro atoms. The first-order valence-corrected chi connectivity index (χ1v) is 8.21. The van der Waals surface area contributed by atoms with E-state index in [0.717, 1.165) is 38.4 Å². The number of carbonyl (C=O) groups excluding carboxylic acids is 1. The third kappa shape index (κ3) is 3.79. The second kappa shape index (κ2) is 8.17. The van der Waals surface area contributed by atoms with Gasteiger partial charge in [-0.2, -0.15) is 0 Å². The smallest absolute Gasteiger partial charge is 0.268 e. The van der Waals surface area contributed by atoms with Gasteiger partial charge >= 0.3 is 0 Å². The molecule has 0 radical (unpaired) electrons. The third-order valence-corrected chi connectivity index (χ3v) is 4.45. The van der Waals surface area contributed by atoms with E-state index in [1.807, 2.05) is 24.3 Å². The van der Waals surface area contributed by atoms with Crippen molar-refractivity contribution in [2.24, 2.45) is 5.11 Å². The summed E-state index contributed by atoms with van der Waals surface area (Å²) in [7, 11) is 0. The lowest BCUT2D eigenvalue weighted by molar-refractivity contribution is -0.132. The Morgan fingerprint density at radius 3 is 2.69 bits per heavy atom. The molecule has 1 saturated heterocycles. The molecule has 2 atom stereocenters. The van der Waals surface area contributed by atoms with Gasteiger partial charge in [0.2, 0.25) is 0 Å². The number of aliphatic hydroxyl groups excluding tert-OH is 1. The van der Waals surface area contributed by atoms with Crippen LogP contribution in [0.5, 0.6) is 0 Å². The van der Waals surface area contributed by atoms with Gasteiger partial charge in [-0.25, -0.2) is 5.48 Å². The Morgan fingerprint density at radius 2 is 2.08 bits per heavy atom. The molecule has 26 heavy (non-hydrogen) atoms. The molecule has 10 heteroatoms. The maximum atomic E-state index is 11.7. The Balaban J connectivity index is 1.79. The summed E-state index contributed by atoms with van der Waals surface area (Å²) in [4.78, 5) is 16.7. The van der Waals surface area contributed by atoms with Crippen LogP contribution < -0.4 is 10.8 Å². The van der Waals surface area contributed by atoms with Crippen LogP contribution in [0.25, 0.3) is 16.1 Å². The summed E-state index contributed by atoms with van der Waals surface area (Å²) in [5.74, 6) is -0.818. The van der Waals surface area contributed by atoms with Crippen molar-refractivity contribution in [2.75, 3.05) is 26.3 Å². The highest BCUT2D eigenvalue weighted by Crippen LogP contribution is 2.29. The molecule has 1 aromatic rings. The standard InChI is InChI=1S/C16H20N6O4/c17-21-19-13-12(18-14(15(13)23)16(24)20-25)11-3-1-10(2-4-11)9-22-5-7-26-8-6-22/h1-4,14-15,18,23,25H,5-9H2,(H,20,24). The Hall–Kier alpha value is -2.62. The predicted molar refractivity (Wildman–Crippen MR) is 91.5 cm³/mol. The molecular weight excluding hydrogens is 340 g/mol. The van der Waals surface area contributed by atoms with Crippen LogP contribution in [-0.4, -0.2) is 59.6 Å². The number of benzene rings is 1. The molecule has 2 aliphatic rings. The number of rotatable bonds is 5. The largest absolute Gasteiger partial charge is 0.386 e. The molecule has 2 unspecified atom stereocenters. The van der Waals surface area contributed by atoms with Gasteiger partial charge in [0, 0.05) is 24.5 Å². The lowest BCUT2D eigenvalue weighted by Gasteiger charge is -2.26. The van der Waals surface area contributed by atoms with E-state index >= 15 is 0 Å². The molecule has 2 aliphatic heterocycles. The summed E-state index contributed by atoms with van der Waals surface area (Å²) in [5, 5.41) is 25.3. The molecule has 1 aromatic carbocycles. The van der Waals surface area contributed by atoms with Crippen LogP contribution in [0.2, 0.25) is 0 Å². The van der Waals surface area contributed by atoms with E-state index in [9.17, 15) is 9.90 Å². The molecule has 0 aromatic heterocycles. The molecule has 3 rings (SSSR count). The molecule has 1 amide bonds. The monoisotopic (exact) mass is 360 g/mol. The van der Waals surface area contributed by atoms with Crippen LogP contribution in [0.15, 0.2) is 35.1 Å². The van der Waals surface area contributed by atoms with E-state index < -0.39 is 18.1 Å². The second-order valence-corrected chi connectivity index (χ2v) is 6.08. The summed E-state index contributed by atoms with van der Waals surface area (Å²) in [6.45, 7) is 4.05. The molecule has 0 bridgehead atoms. The first-order valence-electron chi connectivity index (χ1n) is 8.21. The van der Waals surface area contributed by atoms with Crippen molar-refractivity contribution in [1.82, 2.24) is 15.7 Å². The first-order chi connectivity index (χ1) is 12.6. The molecule has 0 aliphatic carbocycles. The Labute approximate surface area is 149 Å². The number of amides is 1. The molecule has 2 heterocycles. The van der Waals surface area contributed by atoms with Gasteiger partial charge in [-0.3, -0.25) is 14.9 Å². The average Bonchev–Trinajstić information content (AvgIpc) is 3.00. The number of nitrogens with one attached hydrogen (secondary N) is 2. The molecule has 10 nitrogen and oxygen atoms in total. The SMILES string of the molecule is [N-]=[N+]=NC1=C(c2ccc(CN3CCOCC3)cc2)NC(C(=O)NO)C1O. The van der Waals surface area contributed by atoms with Gasteiger partial charge < -0.3 is 15.2 Å². The highest BCUT2D eigenvalue weighted by Gasteiger charge is 2.37. The normalized spacial score (nSPS) is 23.3. The first kappa shape index (κ1) is 18.2. The number of hydroxylamine groups is 1. The van der Waals surface area contributed by atoms with Crippen LogP contribution in [0.1, 0.15) is 11.1 Å². The van der Waals surface area contributed by atoms with Crippen molar-refractivity contribution in [3.63, 3.8) is 0 Å². The minimum Gasteiger partial charge on any atom is -0.386 e. The Morgan fingerprint density at radius 1 is 1.38 bits per heavy atom. The van der Waals surface area contributed by atoms with E-state index in [0.29, 0.717) is 11.3 Å². The zero-order chi connectivity index (χ0) is 18.5. The number of carbonyl (C=O) groups is 1. The maximum Gasteiger partial charge on any atom is 0.268 e. The fraction of sp³-hybridized carbons (Fsp3) is 0.438. The van der Waals surface area contributed by atoms with Gasteiger partial charge in [0.05, 0.1) is 24.6 Å². The Kier molecular flexibility index (Phi) is 5.71. The highest BCUT2D eigenvalue weighted by molar-refractivity contribution is 5.87. The molecule has 138 valence electrons. The number of hydrogen-bond acceptors (Lipinski definition) is 7. The van der Waals surface area contributed by atoms with Crippen molar-refractivity contribution >= 4 is 11.6 Å². The van der Waals surface area contributed by atoms with Crippen LogP contribution in [0.4, 0.5) is 0 Å². The van der Waals surface area contributed by atoms with Gasteiger partial charge in [-0.15, -0.1) is 0 Å². The summed E-state index contributed by atoms with van der Waals surface area (Å²) >= 11 is 0. The molecule has 4 N–H and O–H groups in total. The van der Waals surface area contributed by atoms with E-state index in [-0.39, 0.29) is 5.70 Å². The van der Waals surface area contributed by atoms with Crippen LogP contribution in [-0.2, 0) is 16.1 Å². The Bertz CT molecular complexity index is 738. The minimum atomic E-state index is -1.36. The number of azide groups is 1. The second-order valence-electron chi connectivity index (χ2n) is 6.08. The van der Waals surface area contributed by atoms with E-state index in [1.54, 1.807) is 0 Å². The zero-order valence-electron chi connectivity index (χ0n) is 14.0. The fourth-order valence-corrected chi connectivity index (χ4v) is 3.08. The highest BCUT2D eigenvalue weighted by atomic mass is 16.5. The summed E-state index contributed by atoms with van der Waals surface area (Å²) in [5.41, 5.74) is 12.4. The van der Waals surface area contributed by atoms with E-state index in [4.69, 9.17) is 15.5 Å². The number of ether oxygens (including phenoxy) is 1. The average molecular weight is 360 g/mol. The van der Waals surface area contributed by atoms with Crippen LogP contribution in [0, 0.1) is 0 Å². The van der Waals surface area contributed by atoms with Gasteiger partial charge in [0.15, 0.2) is 0 Å². The zero-order valence-corrected chi connectivity index (χ0v) is 14.0. The summed E-state index contributed by atoms with van der Waals surface area (Å²) in [6, 6.07) is 6.41. The van der Waals surface area contributed by atoms with E-state index in [2.05, 4.69) is 20.2 Å². The molecule has 1 fully saturated rings. The van der Waals surface area contributed by atoms with Crippen molar-refractivity contribution in [1.29, 1.82) is 0 Å². The lowest BCUT2D eigenvalue weighted by Crippen LogP contribution is -2.45. The maximum absolute atomic E-state index is 11.7. The number of morpholine rings is 1. The van der Waals surface area contributed by atoms with Crippen molar-refractivity contribution in [3.05, 3.63) is 51.5 Å². The quantitative estimate of drug-likeness (QED) is 0.196. The van der Waals surface area contributed by atoms with Crippen LogP contribution in [0.3, 0.4) is 0 Å².